The van der Waals surface area contributed by atoms with Crippen molar-refractivity contribution in [2.75, 3.05) is 35.8 Å². The normalized spacial score (nSPS) is 14.0. The number of carbonyl (C=O) groups excluding carboxylic acids is 2. The van der Waals surface area contributed by atoms with Gasteiger partial charge in [0.1, 0.15) is 34.4 Å². The summed E-state index contributed by atoms with van der Waals surface area (Å²) in [6.07, 6.45) is 5.34. The van der Waals surface area contributed by atoms with Crippen LogP contribution < -0.4 is 15.2 Å². The monoisotopic (exact) mass is 594 g/mol. The summed E-state index contributed by atoms with van der Waals surface area (Å²) in [4.78, 5) is 50.1. The molecule has 3 heterocycles. The largest absolute Gasteiger partial charge is 0.352 e. The molecule has 1 amide bonds. The van der Waals surface area contributed by atoms with E-state index in [4.69, 9.17) is 0 Å². The Balaban J connectivity index is 1.42. The van der Waals surface area contributed by atoms with Crippen LogP contribution in [0.1, 0.15) is 6.92 Å². The molecule has 0 spiro atoms. The van der Waals surface area contributed by atoms with Crippen LogP contribution in [-0.2, 0) is 19.6 Å². The Hall–Kier alpha value is -4.98. The van der Waals surface area contributed by atoms with Crippen LogP contribution in [0.3, 0.4) is 0 Å². The SMILES string of the molecule is CC(=O)/C=C/C(=O)N1CCN(c2ncnc3ccc(-c4c[nH]c(=O)c(NS(=O)(=O)c5ccc(F)cc5F)c4)cc23)CC1. The summed E-state index contributed by atoms with van der Waals surface area (Å²) in [5.74, 6) is -2.06. The second-order valence-electron chi connectivity index (χ2n) is 9.50. The maximum absolute atomic E-state index is 14.2. The molecule has 1 fully saturated rings. The Morgan fingerprint density at radius 1 is 0.976 bits per heavy atom. The number of hydrogen-bond acceptors (Lipinski definition) is 8. The standard InChI is InChI=1S/C28H24F2N6O5S/c1-17(37)2-7-26(38)35-8-10-36(11-9-35)27-21-12-18(3-5-23(21)32-16-33-27)19-13-24(28(39)31-15-19)34-42(40,41)25-6-4-20(29)14-22(25)30/h2-7,12-16,34H,8-11H2,1H3,(H,31,39)/b7-2+. The minimum Gasteiger partial charge on any atom is -0.352 e. The number of allylic oxidation sites excluding steroid dienone is 1. The van der Waals surface area contributed by atoms with E-state index in [-0.39, 0.29) is 17.4 Å². The molecule has 2 aromatic heterocycles. The van der Waals surface area contributed by atoms with Crippen molar-refractivity contribution in [1.29, 1.82) is 0 Å². The summed E-state index contributed by atoms with van der Waals surface area (Å²) in [6, 6.07) is 8.61. The lowest BCUT2D eigenvalue weighted by atomic mass is 10.0. The molecule has 1 aliphatic heterocycles. The fraction of sp³-hybridized carbons (Fsp3) is 0.179. The number of amides is 1. The number of aromatic nitrogens is 3. The minimum absolute atomic E-state index is 0.209. The highest BCUT2D eigenvalue weighted by atomic mass is 32.2. The number of sulfonamides is 1. The van der Waals surface area contributed by atoms with Crippen LogP contribution in [0, 0.1) is 11.6 Å². The van der Waals surface area contributed by atoms with Crippen molar-refractivity contribution in [2.24, 2.45) is 0 Å². The van der Waals surface area contributed by atoms with E-state index >= 15 is 0 Å². The average Bonchev–Trinajstić information content (AvgIpc) is 2.96. The van der Waals surface area contributed by atoms with Gasteiger partial charge in [-0.2, -0.15) is 0 Å². The first-order valence-corrected chi connectivity index (χ1v) is 14.2. The van der Waals surface area contributed by atoms with Crippen molar-refractivity contribution in [2.45, 2.75) is 11.8 Å². The summed E-state index contributed by atoms with van der Waals surface area (Å²) < 4.78 is 55.1. The lowest BCUT2D eigenvalue weighted by Gasteiger charge is -2.35. The lowest BCUT2D eigenvalue weighted by Crippen LogP contribution is -2.48. The lowest BCUT2D eigenvalue weighted by molar-refractivity contribution is -0.126. The van der Waals surface area contributed by atoms with Gasteiger partial charge in [0.05, 0.1) is 5.52 Å². The number of fused-ring (bicyclic) bond motifs is 1. The predicted molar refractivity (Wildman–Crippen MR) is 151 cm³/mol. The second kappa shape index (κ2) is 11.5. The number of benzene rings is 2. The molecule has 0 bridgehead atoms. The molecule has 14 heteroatoms. The number of ketones is 1. The third-order valence-corrected chi connectivity index (χ3v) is 8.03. The number of nitrogens with one attached hydrogen (secondary N) is 2. The topological polar surface area (TPSA) is 145 Å². The molecule has 2 N–H and O–H groups in total. The third kappa shape index (κ3) is 6.02. The maximum atomic E-state index is 14.2. The first-order valence-electron chi connectivity index (χ1n) is 12.7. The van der Waals surface area contributed by atoms with Crippen molar-refractivity contribution in [3.8, 4) is 11.1 Å². The number of H-pyrrole nitrogens is 1. The van der Waals surface area contributed by atoms with Gasteiger partial charge in [-0.15, -0.1) is 0 Å². The predicted octanol–water partition coefficient (Wildman–Crippen LogP) is 2.86. The third-order valence-electron chi connectivity index (χ3n) is 6.63. The molecule has 0 aliphatic carbocycles. The van der Waals surface area contributed by atoms with Crippen LogP contribution >= 0.6 is 0 Å². The number of aromatic amines is 1. The molecule has 11 nitrogen and oxygen atoms in total. The van der Waals surface area contributed by atoms with E-state index in [1.807, 2.05) is 4.90 Å². The number of hydrogen-bond donors (Lipinski definition) is 2. The summed E-state index contributed by atoms with van der Waals surface area (Å²) in [7, 11) is -4.54. The Bertz CT molecular complexity index is 1900. The molecule has 42 heavy (non-hydrogen) atoms. The number of rotatable bonds is 7. The molecule has 1 aliphatic rings. The zero-order valence-corrected chi connectivity index (χ0v) is 23.0. The summed E-state index contributed by atoms with van der Waals surface area (Å²) in [6.45, 7) is 3.19. The quantitative estimate of drug-likeness (QED) is 0.311. The van der Waals surface area contributed by atoms with E-state index in [0.717, 1.165) is 12.1 Å². The van der Waals surface area contributed by atoms with Gasteiger partial charge in [-0.3, -0.25) is 19.1 Å². The van der Waals surface area contributed by atoms with Gasteiger partial charge in [-0.05, 0) is 48.9 Å². The Labute approximate surface area is 238 Å². The van der Waals surface area contributed by atoms with Gasteiger partial charge in [0, 0.05) is 55.5 Å². The van der Waals surface area contributed by atoms with Gasteiger partial charge in [-0.1, -0.05) is 6.07 Å². The Morgan fingerprint density at radius 2 is 1.74 bits per heavy atom. The molecular formula is C28H24F2N6O5S. The fourth-order valence-electron chi connectivity index (χ4n) is 4.53. The van der Waals surface area contributed by atoms with E-state index in [1.165, 1.54) is 37.7 Å². The summed E-state index contributed by atoms with van der Waals surface area (Å²) in [5, 5.41) is 0.688. The molecule has 5 rings (SSSR count). The second-order valence-corrected chi connectivity index (χ2v) is 11.1. The van der Waals surface area contributed by atoms with Crippen LogP contribution in [0.2, 0.25) is 0 Å². The van der Waals surface area contributed by atoms with Crippen molar-refractivity contribution in [3.63, 3.8) is 0 Å². The smallest absolute Gasteiger partial charge is 0.272 e. The molecule has 4 aromatic rings. The molecule has 0 radical (unpaired) electrons. The molecule has 0 saturated carbocycles. The van der Waals surface area contributed by atoms with E-state index < -0.39 is 32.1 Å². The Kier molecular flexibility index (Phi) is 7.81. The molecule has 216 valence electrons. The number of piperazine rings is 1. The van der Waals surface area contributed by atoms with Crippen molar-refractivity contribution in [3.05, 3.63) is 89.1 Å². The van der Waals surface area contributed by atoms with E-state index in [9.17, 15) is 31.6 Å². The van der Waals surface area contributed by atoms with Crippen LogP contribution in [-0.4, -0.2) is 66.1 Å². The van der Waals surface area contributed by atoms with Gasteiger partial charge in [0.25, 0.3) is 15.6 Å². The van der Waals surface area contributed by atoms with Crippen LogP contribution in [0.4, 0.5) is 20.3 Å². The van der Waals surface area contributed by atoms with Gasteiger partial charge in [-0.25, -0.2) is 27.2 Å². The molecular weight excluding hydrogens is 570 g/mol. The molecule has 1 saturated heterocycles. The highest BCUT2D eigenvalue weighted by molar-refractivity contribution is 7.92. The van der Waals surface area contributed by atoms with Crippen molar-refractivity contribution in [1.82, 2.24) is 19.9 Å². The first kappa shape index (κ1) is 28.5. The van der Waals surface area contributed by atoms with Crippen molar-refractivity contribution < 1.29 is 26.8 Å². The molecule has 0 atom stereocenters. The molecule has 2 aromatic carbocycles. The highest BCUT2D eigenvalue weighted by Crippen LogP contribution is 2.30. The first-order chi connectivity index (χ1) is 20.0. The zero-order valence-electron chi connectivity index (χ0n) is 22.2. The molecule has 0 unspecified atom stereocenters. The van der Waals surface area contributed by atoms with E-state index in [0.29, 0.717) is 60.1 Å². The Morgan fingerprint density at radius 3 is 2.45 bits per heavy atom. The number of pyridine rings is 1. The van der Waals surface area contributed by atoms with E-state index in [1.54, 1.807) is 23.1 Å². The minimum atomic E-state index is -4.54. The number of nitrogens with zero attached hydrogens (tertiary/aromatic N) is 4. The summed E-state index contributed by atoms with van der Waals surface area (Å²) >= 11 is 0. The van der Waals surface area contributed by atoms with Crippen LogP contribution in [0.25, 0.3) is 22.0 Å². The number of carbonyl (C=O) groups is 2. The summed E-state index contributed by atoms with van der Waals surface area (Å²) in [5.41, 5.74) is 0.562. The average molecular weight is 595 g/mol. The maximum Gasteiger partial charge on any atom is 0.272 e. The zero-order chi connectivity index (χ0) is 30.0. The van der Waals surface area contributed by atoms with Gasteiger partial charge in [0.2, 0.25) is 5.91 Å². The highest BCUT2D eigenvalue weighted by Gasteiger charge is 2.23. The van der Waals surface area contributed by atoms with Gasteiger partial charge in [0.15, 0.2) is 5.78 Å². The number of anilines is 2. The fourth-order valence-corrected chi connectivity index (χ4v) is 5.64. The van der Waals surface area contributed by atoms with E-state index in [2.05, 4.69) is 19.7 Å². The van der Waals surface area contributed by atoms with Crippen molar-refractivity contribution >= 4 is 44.1 Å². The van der Waals surface area contributed by atoms with Crippen LogP contribution in [0.15, 0.2) is 76.8 Å². The number of halogens is 2. The van der Waals surface area contributed by atoms with Crippen LogP contribution in [0.5, 0.6) is 0 Å². The van der Waals surface area contributed by atoms with Gasteiger partial charge >= 0.3 is 0 Å². The van der Waals surface area contributed by atoms with Gasteiger partial charge < -0.3 is 14.8 Å².